The molecule has 10 heavy (non-hydrogen) atoms. The van der Waals surface area contributed by atoms with Crippen LogP contribution in [0.15, 0.2) is 0 Å². The van der Waals surface area contributed by atoms with Gasteiger partial charge in [0.1, 0.15) is 0 Å². The van der Waals surface area contributed by atoms with Crippen molar-refractivity contribution in [2.24, 2.45) is 0 Å². The fraction of sp³-hybridized carbons (Fsp3) is 0.857. The molecule has 0 aliphatic heterocycles. The first-order chi connectivity index (χ1) is 4.60. The number of hydrogen-bond donors (Lipinski definition) is 0. The third-order valence-electron chi connectivity index (χ3n) is 2.23. The Morgan fingerprint density at radius 2 is 2.10 bits per heavy atom. The predicted molar refractivity (Wildman–Crippen MR) is 37.8 cm³/mol. The van der Waals surface area contributed by atoms with E-state index in [9.17, 15) is 4.79 Å². The summed E-state index contributed by atoms with van der Waals surface area (Å²) in [4.78, 5) is 12.6. The molecule has 3 nitrogen and oxygen atoms in total. The van der Waals surface area contributed by atoms with Crippen LogP contribution in [0.5, 0.6) is 0 Å². The van der Waals surface area contributed by atoms with Crippen LogP contribution < -0.4 is 0 Å². The molecule has 0 aromatic rings. The minimum Gasteiger partial charge on any atom is -0.453 e. The first-order valence-electron chi connectivity index (χ1n) is 3.42. The molecule has 0 aromatic heterocycles. The highest BCUT2D eigenvalue weighted by molar-refractivity contribution is 5.68. The van der Waals surface area contributed by atoms with Crippen LogP contribution >= 0.6 is 0 Å². The second kappa shape index (κ2) is 2.15. The maximum atomic E-state index is 10.9. The maximum absolute atomic E-state index is 10.9. The summed E-state index contributed by atoms with van der Waals surface area (Å²) in [6, 6.07) is 0. The molecule has 1 amide bonds. The average molecular weight is 143 g/mol. The lowest BCUT2D eigenvalue weighted by Gasteiger charge is -2.22. The minimum absolute atomic E-state index is 0.0904. The smallest absolute Gasteiger partial charge is 0.409 e. The Kier molecular flexibility index (Phi) is 1.58. The topological polar surface area (TPSA) is 29.5 Å². The highest BCUT2D eigenvalue weighted by atomic mass is 16.5. The Labute approximate surface area is 61.0 Å². The van der Waals surface area contributed by atoms with Crippen LogP contribution in [0.3, 0.4) is 0 Å². The van der Waals surface area contributed by atoms with Gasteiger partial charge in [-0.25, -0.2) is 4.79 Å². The number of amides is 1. The van der Waals surface area contributed by atoms with E-state index < -0.39 is 0 Å². The molecule has 0 unspecified atom stereocenters. The number of methoxy groups -OCH3 is 1. The zero-order valence-electron chi connectivity index (χ0n) is 6.68. The van der Waals surface area contributed by atoms with E-state index in [4.69, 9.17) is 0 Å². The van der Waals surface area contributed by atoms with Gasteiger partial charge in [0.25, 0.3) is 0 Å². The van der Waals surface area contributed by atoms with Gasteiger partial charge in [-0.05, 0) is 19.8 Å². The predicted octanol–water partition coefficient (Wildman–Crippen LogP) is 1.24. The molecule has 0 aromatic carbocycles. The lowest BCUT2D eigenvalue weighted by Crippen LogP contribution is -2.36. The molecule has 1 aliphatic carbocycles. The van der Waals surface area contributed by atoms with E-state index in [0.717, 1.165) is 12.8 Å². The molecule has 1 aliphatic rings. The Hall–Kier alpha value is -0.730. The van der Waals surface area contributed by atoms with Crippen molar-refractivity contribution in [2.75, 3.05) is 14.2 Å². The molecule has 0 atom stereocenters. The van der Waals surface area contributed by atoms with Crippen LogP contribution in [0.2, 0.25) is 0 Å². The van der Waals surface area contributed by atoms with Crippen molar-refractivity contribution in [3.63, 3.8) is 0 Å². The molecule has 1 saturated carbocycles. The molecule has 0 saturated heterocycles. The van der Waals surface area contributed by atoms with Crippen molar-refractivity contribution in [1.82, 2.24) is 4.90 Å². The highest BCUT2D eigenvalue weighted by Crippen LogP contribution is 2.40. The Morgan fingerprint density at radius 3 is 2.40 bits per heavy atom. The van der Waals surface area contributed by atoms with Crippen molar-refractivity contribution in [2.45, 2.75) is 25.3 Å². The highest BCUT2D eigenvalue weighted by Gasteiger charge is 2.44. The third-order valence-corrected chi connectivity index (χ3v) is 2.23. The van der Waals surface area contributed by atoms with Gasteiger partial charge < -0.3 is 9.64 Å². The van der Waals surface area contributed by atoms with Crippen molar-refractivity contribution in [3.8, 4) is 0 Å². The number of hydrogen-bond acceptors (Lipinski definition) is 2. The molecule has 1 rings (SSSR count). The van der Waals surface area contributed by atoms with Gasteiger partial charge in [0.2, 0.25) is 0 Å². The number of nitrogens with zero attached hydrogens (tertiary/aromatic N) is 1. The van der Waals surface area contributed by atoms with E-state index in [1.165, 1.54) is 7.11 Å². The number of carbonyl (C=O) groups is 1. The monoisotopic (exact) mass is 143 g/mol. The number of rotatable bonds is 1. The van der Waals surface area contributed by atoms with Crippen molar-refractivity contribution in [3.05, 3.63) is 0 Å². The molecular weight excluding hydrogens is 130 g/mol. The van der Waals surface area contributed by atoms with E-state index in [1.807, 2.05) is 0 Å². The Bertz CT molecular complexity index is 152. The van der Waals surface area contributed by atoms with Crippen LogP contribution in [0, 0.1) is 0 Å². The molecule has 0 radical (unpaired) electrons. The molecule has 0 N–H and O–H groups in total. The summed E-state index contributed by atoms with van der Waals surface area (Å²) in [6.45, 7) is 2.06. The molecule has 58 valence electrons. The minimum atomic E-state index is -0.236. The van der Waals surface area contributed by atoms with E-state index in [2.05, 4.69) is 11.7 Å². The second-order valence-electron chi connectivity index (χ2n) is 3.03. The van der Waals surface area contributed by atoms with E-state index >= 15 is 0 Å². The molecule has 3 heteroatoms. The zero-order valence-corrected chi connectivity index (χ0v) is 6.68. The van der Waals surface area contributed by atoms with Gasteiger partial charge in [-0.3, -0.25) is 0 Å². The summed E-state index contributed by atoms with van der Waals surface area (Å²) in [7, 11) is 3.18. The lowest BCUT2D eigenvalue weighted by atomic mass is 10.3. The normalized spacial score (nSPS) is 19.9. The maximum Gasteiger partial charge on any atom is 0.409 e. The van der Waals surface area contributed by atoms with Gasteiger partial charge in [-0.1, -0.05) is 0 Å². The number of ether oxygens (including phenoxy) is 1. The summed E-state index contributed by atoms with van der Waals surface area (Å²) in [5, 5.41) is 0. The second-order valence-corrected chi connectivity index (χ2v) is 3.03. The fourth-order valence-electron chi connectivity index (χ4n) is 0.874. The molecule has 0 heterocycles. The van der Waals surface area contributed by atoms with Crippen molar-refractivity contribution >= 4 is 6.09 Å². The third kappa shape index (κ3) is 1.08. The zero-order chi connectivity index (χ0) is 7.78. The summed E-state index contributed by atoms with van der Waals surface area (Å²) in [5.41, 5.74) is 0.0904. The number of carbonyl (C=O) groups excluding carboxylic acids is 1. The van der Waals surface area contributed by atoms with E-state index in [-0.39, 0.29) is 11.6 Å². The largest absolute Gasteiger partial charge is 0.453 e. The van der Waals surface area contributed by atoms with Crippen LogP contribution in [-0.2, 0) is 4.74 Å². The van der Waals surface area contributed by atoms with Crippen molar-refractivity contribution < 1.29 is 9.53 Å². The van der Waals surface area contributed by atoms with Crippen molar-refractivity contribution in [1.29, 1.82) is 0 Å². The van der Waals surface area contributed by atoms with Gasteiger partial charge in [-0.15, -0.1) is 0 Å². The SMILES string of the molecule is COC(=O)N(C)C1(C)CC1. The van der Waals surface area contributed by atoms with Crippen LogP contribution in [-0.4, -0.2) is 30.7 Å². The summed E-state index contributed by atoms with van der Waals surface area (Å²) < 4.78 is 4.57. The Morgan fingerprint density at radius 1 is 1.60 bits per heavy atom. The van der Waals surface area contributed by atoms with Gasteiger partial charge in [0, 0.05) is 12.6 Å². The Balaban J connectivity index is 2.48. The summed E-state index contributed by atoms with van der Waals surface area (Å²) in [6.07, 6.45) is 1.96. The average Bonchev–Trinajstić information content (AvgIpc) is 2.66. The molecule has 0 bridgehead atoms. The van der Waals surface area contributed by atoms with Gasteiger partial charge in [-0.2, -0.15) is 0 Å². The van der Waals surface area contributed by atoms with E-state index in [1.54, 1.807) is 11.9 Å². The van der Waals surface area contributed by atoms with Crippen LogP contribution in [0.1, 0.15) is 19.8 Å². The summed E-state index contributed by atoms with van der Waals surface area (Å²) in [5.74, 6) is 0. The quantitative estimate of drug-likeness (QED) is 0.552. The molecule has 0 spiro atoms. The van der Waals surface area contributed by atoms with Gasteiger partial charge >= 0.3 is 6.09 Å². The lowest BCUT2D eigenvalue weighted by molar-refractivity contribution is 0.116. The molecule has 1 fully saturated rings. The summed E-state index contributed by atoms with van der Waals surface area (Å²) >= 11 is 0. The standard InChI is InChI=1S/C7H13NO2/c1-7(4-5-7)8(2)6(9)10-3/h4-5H2,1-3H3. The van der Waals surface area contributed by atoms with E-state index in [0.29, 0.717) is 0 Å². The van der Waals surface area contributed by atoms with Crippen LogP contribution in [0.4, 0.5) is 4.79 Å². The van der Waals surface area contributed by atoms with Gasteiger partial charge in [0.05, 0.1) is 7.11 Å². The first kappa shape index (κ1) is 7.38. The van der Waals surface area contributed by atoms with Gasteiger partial charge in [0.15, 0.2) is 0 Å². The molecular formula is C7H13NO2. The fourth-order valence-corrected chi connectivity index (χ4v) is 0.874. The van der Waals surface area contributed by atoms with Crippen LogP contribution in [0.25, 0.3) is 0 Å². The first-order valence-corrected chi connectivity index (χ1v) is 3.42.